The number of anilines is 1. The summed E-state index contributed by atoms with van der Waals surface area (Å²) >= 11 is 5.24. The van der Waals surface area contributed by atoms with Crippen molar-refractivity contribution in [3.05, 3.63) is 65.5 Å². The van der Waals surface area contributed by atoms with Crippen molar-refractivity contribution in [2.24, 2.45) is 0 Å². The molecule has 0 atom stereocenters. The van der Waals surface area contributed by atoms with Crippen LogP contribution in [-0.4, -0.2) is 19.2 Å². The summed E-state index contributed by atoms with van der Waals surface area (Å²) in [5.74, 6) is -0.231. The largest absolute Gasteiger partial charge is 0.378 e. The standard InChI is InChI=1S/C17H20FN3S/c1-21(2)16-9-5-14(6-10-16)12-20-17(22)19-11-13-3-7-15(18)8-4-13/h3-10H,11-12H2,1-2H3,(H2,19,20,22). The number of rotatable bonds is 5. The van der Waals surface area contributed by atoms with E-state index in [1.807, 2.05) is 14.1 Å². The number of nitrogens with zero attached hydrogens (tertiary/aromatic N) is 1. The Bertz CT molecular complexity index is 609. The molecule has 2 N–H and O–H groups in total. The molecule has 0 fully saturated rings. The van der Waals surface area contributed by atoms with E-state index in [2.05, 4.69) is 39.8 Å². The molecule has 2 aromatic carbocycles. The van der Waals surface area contributed by atoms with Crippen LogP contribution >= 0.6 is 12.2 Å². The maximum Gasteiger partial charge on any atom is 0.166 e. The molecule has 0 aromatic heterocycles. The fourth-order valence-corrected chi connectivity index (χ4v) is 2.09. The minimum absolute atomic E-state index is 0.231. The van der Waals surface area contributed by atoms with E-state index in [4.69, 9.17) is 12.2 Å². The van der Waals surface area contributed by atoms with Gasteiger partial charge in [0.25, 0.3) is 0 Å². The van der Waals surface area contributed by atoms with Crippen molar-refractivity contribution in [1.82, 2.24) is 10.6 Å². The molecule has 0 saturated heterocycles. The van der Waals surface area contributed by atoms with Crippen molar-refractivity contribution < 1.29 is 4.39 Å². The highest BCUT2D eigenvalue weighted by Gasteiger charge is 1.99. The zero-order valence-corrected chi connectivity index (χ0v) is 13.6. The maximum absolute atomic E-state index is 12.8. The van der Waals surface area contributed by atoms with Gasteiger partial charge in [0.05, 0.1) is 0 Å². The van der Waals surface area contributed by atoms with Crippen molar-refractivity contribution in [2.45, 2.75) is 13.1 Å². The van der Waals surface area contributed by atoms with E-state index in [1.54, 1.807) is 12.1 Å². The lowest BCUT2D eigenvalue weighted by Crippen LogP contribution is -2.34. The summed E-state index contributed by atoms with van der Waals surface area (Å²) in [7, 11) is 4.03. The summed E-state index contributed by atoms with van der Waals surface area (Å²) in [6.07, 6.45) is 0. The van der Waals surface area contributed by atoms with Gasteiger partial charge in [-0.1, -0.05) is 24.3 Å². The SMILES string of the molecule is CN(C)c1ccc(CNC(=S)NCc2ccc(F)cc2)cc1. The molecule has 3 nitrogen and oxygen atoms in total. The smallest absolute Gasteiger partial charge is 0.166 e. The molecule has 0 unspecified atom stereocenters. The van der Waals surface area contributed by atoms with Crippen LogP contribution < -0.4 is 15.5 Å². The fraction of sp³-hybridized carbons (Fsp3) is 0.235. The van der Waals surface area contributed by atoms with Crippen LogP contribution in [0, 0.1) is 5.82 Å². The van der Waals surface area contributed by atoms with Crippen LogP contribution in [0.4, 0.5) is 10.1 Å². The average Bonchev–Trinajstić information content (AvgIpc) is 2.52. The van der Waals surface area contributed by atoms with Crippen LogP contribution in [0.1, 0.15) is 11.1 Å². The van der Waals surface area contributed by atoms with Gasteiger partial charge in [0.2, 0.25) is 0 Å². The molecular formula is C17H20FN3S. The second-order valence-electron chi connectivity index (χ2n) is 5.22. The molecule has 116 valence electrons. The van der Waals surface area contributed by atoms with Gasteiger partial charge >= 0.3 is 0 Å². The van der Waals surface area contributed by atoms with E-state index in [1.165, 1.54) is 17.8 Å². The third-order valence-electron chi connectivity index (χ3n) is 3.27. The average molecular weight is 317 g/mol. The first-order chi connectivity index (χ1) is 10.5. The van der Waals surface area contributed by atoms with Gasteiger partial charge in [-0.2, -0.15) is 0 Å². The lowest BCUT2D eigenvalue weighted by Gasteiger charge is -2.14. The normalized spacial score (nSPS) is 10.1. The minimum atomic E-state index is -0.231. The molecule has 0 amide bonds. The van der Waals surface area contributed by atoms with E-state index < -0.39 is 0 Å². The molecule has 0 saturated carbocycles. The summed E-state index contributed by atoms with van der Waals surface area (Å²) in [6, 6.07) is 14.7. The summed E-state index contributed by atoms with van der Waals surface area (Å²) < 4.78 is 12.8. The zero-order valence-electron chi connectivity index (χ0n) is 12.8. The van der Waals surface area contributed by atoms with Crippen molar-refractivity contribution in [3.8, 4) is 0 Å². The van der Waals surface area contributed by atoms with E-state index in [0.717, 1.165) is 11.1 Å². The quantitative estimate of drug-likeness (QED) is 0.829. The highest BCUT2D eigenvalue weighted by molar-refractivity contribution is 7.80. The Kier molecular flexibility index (Phi) is 5.72. The highest BCUT2D eigenvalue weighted by Crippen LogP contribution is 2.11. The zero-order chi connectivity index (χ0) is 15.9. The predicted octanol–water partition coefficient (Wildman–Crippen LogP) is 3.06. The summed E-state index contributed by atoms with van der Waals surface area (Å²) in [6.45, 7) is 1.24. The van der Waals surface area contributed by atoms with Gasteiger partial charge in [0.15, 0.2) is 5.11 Å². The summed E-state index contributed by atoms with van der Waals surface area (Å²) in [5.41, 5.74) is 3.32. The van der Waals surface area contributed by atoms with Crippen molar-refractivity contribution in [1.29, 1.82) is 0 Å². The monoisotopic (exact) mass is 317 g/mol. The predicted molar refractivity (Wildman–Crippen MR) is 93.4 cm³/mol. The van der Waals surface area contributed by atoms with E-state index in [0.29, 0.717) is 18.2 Å². The van der Waals surface area contributed by atoms with Gasteiger partial charge in [0.1, 0.15) is 5.82 Å². The van der Waals surface area contributed by atoms with E-state index in [-0.39, 0.29) is 5.82 Å². The molecule has 0 heterocycles. The van der Waals surface area contributed by atoms with Crippen LogP contribution in [0.25, 0.3) is 0 Å². The minimum Gasteiger partial charge on any atom is -0.378 e. The van der Waals surface area contributed by atoms with Crippen molar-refractivity contribution >= 4 is 23.0 Å². The van der Waals surface area contributed by atoms with E-state index >= 15 is 0 Å². The second-order valence-corrected chi connectivity index (χ2v) is 5.63. The first-order valence-electron chi connectivity index (χ1n) is 7.07. The van der Waals surface area contributed by atoms with Gasteiger partial charge in [-0.05, 0) is 47.6 Å². The molecule has 0 radical (unpaired) electrons. The Morgan fingerprint density at radius 2 is 1.36 bits per heavy atom. The Morgan fingerprint density at radius 1 is 0.909 bits per heavy atom. The molecule has 2 aromatic rings. The van der Waals surface area contributed by atoms with Crippen LogP contribution in [0.5, 0.6) is 0 Å². The lowest BCUT2D eigenvalue weighted by atomic mass is 10.2. The molecule has 22 heavy (non-hydrogen) atoms. The first kappa shape index (κ1) is 16.2. The van der Waals surface area contributed by atoms with Crippen LogP contribution in [0.2, 0.25) is 0 Å². The third kappa shape index (κ3) is 5.00. The van der Waals surface area contributed by atoms with Crippen LogP contribution in [0.3, 0.4) is 0 Å². The molecule has 0 aliphatic carbocycles. The van der Waals surface area contributed by atoms with Gasteiger partial charge in [-0.3, -0.25) is 0 Å². The topological polar surface area (TPSA) is 27.3 Å². The molecule has 0 bridgehead atoms. The molecule has 2 rings (SSSR count). The summed E-state index contributed by atoms with van der Waals surface area (Å²) in [5, 5.41) is 6.85. The Balaban J connectivity index is 1.76. The first-order valence-corrected chi connectivity index (χ1v) is 7.48. The summed E-state index contributed by atoms with van der Waals surface area (Å²) in [4.78, 5) is 2.06. The number of halogens is 1. The molecule has 0 spiro atoms. The maximum atomic E-state index is 12.8. The lowest BCUT2D eigenvalue weighted by molar-refractivity contribution is 0.626. The van der Waals surface area contributed by atoms with E-state index in [9.17, 15) is 4.39 Å². The Morgan fingerprint density at radius 3 is 1.82 bits per heavy atom. The second kappa shape index (κ2) is 7.75. The number of hydrogen-bond acceptors (Lipinski definition) is 2. The Hall–Kier alpha value is -2.14. The number of hydrogen-bond donors (Lipinski definition) is 2. The molecular weight excluding hydrogens is 297 g/mol. The van der Waals surface area contributed by atoms with Crippen LogP contribution in [-0.2, 0) is 13.1 Å². The number of benzene rings is 2. The Labute approximate surface area is 136 Å². The number of nitrogens with one attached hydrogen (secondary N) is 2. The van der Waals surface area contributed by atoms with Crippen molar-refractivity contribution in [2.75, 3.05) is 19.0 Å². The molecule has 0 aliphatic rings. The van der Waals surface area contributed by atoms with Gasteiger partial charge in [-0.15, -0.1) is 0 Å². The molecule has 0 aliphatic heterocycles. The highest BCUT2D eigenvalue weighted by atomic mass is 32.1. The fourth-order valence-electron chi connectivity index (χ4n) is 1.94. The van der Waals surface area contributed by atoms with Crippen LogP contribution in [0.15, 0.2) is 48.5 Å². The third-order valence-corrected chi connectivity index (χ3v) is 3.56. The number of thiocarbonyl (C=S) groups is 1. The van der Waals surface area contributed by atoms with Gasteiger partial charge < -0.3 is 15.5 Å². The van der Waals surface area contributed by atoms with Gasteiger partial charge in [0, 0.05) is 32.9 Å². The van der Waals surface area contributed by atoms with Gasteiger partial charge in [-0.25, -0.2) is 4.39 Å². The van der Waals surface area contributed by atoms with Crippen molar-refractivity contribution in [3.63, 3.8) is 0 Å². The molecule has 5 heteroatoms.